The molecule has 0 fully saturated rings. The number of hydrogen-bond donors (Lipinski definition) is 1. The summed E-state index contributed by atoms with van der Waals surface area (Å²) in [4.78, 5) is 36.9. The third kappa shape index (κ3) is 3.46. The lowest BCUT2D eigenvalue weighted by atomic mass is 10.1. The molecule has 1 amide bonds. The second-order valence-electron chi connectivity index (χ2n) is 4.74. The summed E-state index contributed by atoms with van der Waals surface area (Å²) in [6.07, 6.45) is 0.946. The zero-order valence-corrected chi connectivity index (χ0v) is 12.8. The second-order valence-corrected chi connectivity index (χ2v) is 4.74. The van der Waals surface area contributed by atoms with Crippen LogP contribution in [0.1, 0.15) is 26.3 Å². The number of rotatable bonds is 5. The van der Waals surface area contributed by atoms with Crippen LogP contribution in [0.15, 0.2) is 30.5 Å². The Hall–Kier alpha value is -3.49. The highest BCUT2D eigenvalue weighted by atomic mass is 16.6. The molecule has 2 rings (SSSR count). The first kappa shape index (κ1) is 16.9. The second kappa shape index (κ2) is 6.73. The van der Waals surface area contributed by atoms with Crippen molar-refractivity contribution >= 4 is 17.6 Å². The quantitative estimate of drug-likeness (QED) is 0.502. The van der Waals surface area contributed by atoms with Crippen LogP contribution in [0.4, 0.5) is 5.69 Å². The molecule has 0 bridgehead atoms. The number of nitrogens with zero attached hydrogens (tertiary/aromatic N) is 2. The first-order chi connectivity index (χ1) is 11.3. The number of hydrogen-bond acceptors (Lipinski definition) is 7. The van der Waals surface area contributed by atoms with Crippen LogP contribution >= 0.6 is 0 Å². The van der Waals surface area contributed by atoms with Crippen LogP contribution in [0, 0.1) is 17.0 Å². The number of aryl methyl sites for hydroxylation is 1. The van der Waals surface area contributed by atoms with Crippen molar-refractivity contribution in [2.75, 3.05) is 7.11 Å². The first-order valence-electron chi connectivity index (χ1n) is 6.64. The Morgan fingerprint density at radius 2 is 2.00 bits per heavy atom. The van der Waals surface area contributed by atoms with E-state index in [4.69, 9.17) is 10.5 Å². The number of primary amides is 1. The standard InChI is InChI=1S/C15H13N3O6/c1-8-3-4-9(15(20)23-2)5-12(8)24-14-11(13(16)19)6-10(7-17-14)18(21)22/h3-7H,1-2H3,(H2,16,19). The van der Waals surface area contributed by atoms with E-state index in [9.17, 15) is 19.7 Å². The Kier molecular flexibility index (Phi) is 4.73. The van der Waals surface area contributed by atoms with Crippen molar-refractivity contribution in [3.8, 4) is 11.6 Å². The summed E-state index contributed by atoms with van der Waals surface area (Å²) in [5, 5.41) is 10.8. The van der Waals surface area contributed by atoms with Crippen molar-refractivity contribution in [3.05, 3.63) is 57.3 Å². The van der Waals surface area contributed by atoms with E-state index in [0.717, 1.165) is 12.3 Å². The van der Waals surface area contributed by atoms with E-state index in [0.29, 0.717) is 5.56 Å². The number of benzene rings is 1. The molecule has 0 saturated carbocycles. The molecule has 0 saturated heterocycles. The Morgan fingerprint density at radius 1 is 1.29 bits per heavy atom. The van der Waals surface area contributed by atoms with Crippen LogP contribution in [-0.2, 0) is 4.74 Å². The highest BCUT2D eigenvalue weighted by molar-refractivity contribution is 5.95. The van der Waals surface area contributed by atoms with Gasteiger partial charge in [-0.1, -0.05) is 6.07 Å². The van der Waals surface area contributed by atoms with Gasteiger partial charge in [-0.15, -0.1) is 0 Å². The summed E-state index contributed by atoms with van der Waals surface area (Å²) in [7, 11) is 1.24. The average Bonchev–Trinajstić information content (AvgIpc) is 2.56. The van der Waals surface area contributed by atoms with E-state index in [1.165, 1.54) is 13.2 Å². The third-order valence-electron chi connectivity index (χ3n) is 3.13. The molecule has 2 N–H and O–H groups in total. The predicted molar refractivity (Wildman–Crippen MR) is 82.0 cm³/mol. The number of carbonyl (C=O) groups excluding carboxylic acids is 2. The monoisotopic (exact) mass is 331 g/mol. The molecule has 1 heterocycles. The molecular weight excluding hydrogens is 318 g/mol. The van der Waals surface area contributed by atoms with Crippen LogP contribution in [0.5, 0.6) is 11.6 Å². The van der Waals surface area contributed by atoms with E-state index in [1.807, 2.05) is 0 Å². The smallest absolute Gasteiger partial charge is 0.337 e. The largest absolute Gasteiger partial charge is 0.465 e. The van der Waals surface area contributed by atoms with Gasteiger partial charge in [-0.25, -0.2) is 9.78 Å². The third-order valence-corrected chi connectivity index (χ3v) is 3.13. The normalized spacial score (nSPS) is 10.1. The Bertz CT molecular complexity index is 834. The van der Waals surface area contributed by atoms with Gasteiger partial charge in [0.2, 0.25) is 5.88 Å². The topological polar surface area (TPSA) is 135 Å². The summed E-state index contributed by atoms with van der Waals surface area (Å²) in [5.74, 6) is -1.45. The number of amides is 1. The van der Waals surface area contributed by atoms with Gasteiger partial charge in [0, 0.05) is 6.07 Å². The zero-order chi connectivity index (χ0) is 17.9. The van der Waals surface area contributed by atoms with Crippen molar-refractivity contribution < 1.29 is 24.0 Å². The van der Waals surface area contributed by atoms with Crippen molar-refractivity contribution in [2.45, 2.75) is 6.92 Å². The predicted octanol–water partition coefficient (Wildman–Crippen LogP) is 1.98. The summed E-state index contributed by atoms with van der Waals surface area (Å²) in [6, 6.07) is 5.56. The van der Waals surface area contributed by atoms with Crippen molar-refractivity contribution in [3.63, 3.8) is 0 Å². The van der Waals surface area contributed by atoms with Gasteiger partial charge in [0.05, 0.1) is 17.6 Å². The molecule has 1 aromatic heterocycles. The van der Waals surface area contributed by atoms with Crippen molar-refractivity contribution in [2.24, 2.45) is 5.73 Å². The maximum Gasteiger partial charge on any atom is 0.337 e. The minimum atomic E-state index is -0.928. The van der Waals surface area contributed by atoms with Crippen LogP contribution in [0.3, 0.4) is 0 Å². The molecule has 0 atom stereocenters. The van der Waals surface area contributed by atoms with Gasteiger partial charge in [0.25, 0.3) is 11.6 Å². The summed E-state index contributed by atoms with van der Waals surface area (Å²) in [6.45, 7) is 1.71. The molecule has 0 aliphatic carbocycles. The minimum absolute atomic E-state index is 0.196. The van der Waals surface area contributed by atoms with Gasteiger partial charge in [-0.2, -0.15) is 0 Å². The fraction of sp³-hybridized carbons (Fsp3) is 0.133. The van der Waals surface area contributed by atoms with E-state index in [-0.39, 0.29) is 22.8 Å². The molecule has 9 heteroatoms. The van der Waals surface area contributed by atoms with Crippen LogP contribution < -0.4 is 10.5 Å². The first-order valence-corrected chi connectivity index (χ1v) is 6.64. The summed E-state index contributed by atoms with van der Waals surface area (Å²) in [5.41, 5.74) is 5.47. The van der Waals surface area contributed by atoms with Gasteiger partial charge in [-0.05, 0) is 24.6 Å². The molecule has 0 unspecified atom stereocenters. The summed E-state index contributed by atoms with van der Waals surface area (Å²) >= 11 is 0. The molecule has 0 spiro atoms. The van der Waals surface area contributed by atoms with E-state index in [2.05, 4.69) is 9.72 Å². The lowest BCUT2D eigenvalue weighted by Gasteiger charge is -2.11. The molecule has 24 heavy (non-hydrogen) atoms. The van der Waals surface area contributed by atoms with E-state index >= 15 is 0 Å². The fourth-order valence-electron chi connectivity index (χ4n) is 1.86. The molecule has 0 radical (unpaired) electrons. The number of nitro groups is 1. The van der Waals surface area contributed by atoms with Gasteiger partial charge in [0.15, 0.2) is 0 Å². The number of esters is 1. The maximum absolute atomic E-state index is 11.6. The Morgan fingerprint density at radius 3 is 2.58 bits per heavy atom. The summed E-state index contributed by atoms with van der Waals surface area (Å²) < 4.78 is 10.2. The molecule has 124 valence electrons. The molecule has 0 aliphatic heterocycles. The lowest BCUT2D eigenvalue weighted by molar-refractivity contribution is -0.385. The SMILES string of the molecule is COC(=O)c1ccc(C)c(Oc2ncc([N+](=O)[O-])cc2C(N)=O)c1. The number of nitrogens with two attached hydrogens (primary N) is 1. The van der Waals surface area contributed by atoms with Gasteiger partial charge in [0.1, 0.15) is 17.5 Å². The van der Waals surface area contributed by atoms with Gasteiger partial charge < -0.3 is 15.2 Å². The van der Waals surface area contributed by atoms with Crippen molar-refractivity contribution in [1.29, 1.82) is 0 Å². The average molecular weight is 331 g/mol. The van der Waals surface area contributed by atoms with E-state index in [1.54, 1.807) is 19.1 Å². The number of methoxy groups -OCH3 is 1. The number of pyridine rings is 1. The number of ether oxygens (including phenoxy) is 2. The molecule has 0 aliphatic rings. The van der Waals surface area contributed by atoms with Crippen molar-refractivity contribution in [1.82, 2.24) is 4.98 Å². The van der Waals surface area contributed by atoms with Crippen LogP contribution in [0.2, 0.25) is 0 Å². The van der Waals surface area contributed by atoms with Gasteiger partial charge >= 0.3 is 5.97 Å². The number of aromatic nitrogens is 1. The highest BCUT2D eigenvalue weighted by Gasteiger charge is 2.19. The lowest BCUT2D eigenvalue weighted by Crippen LogP contribution is -2.13. The molecule has 2 aromatic rings. The molecule has 9 nitrogen and oxygen atoms in total. The van der Waals surface area contributed by atoms with Crippen LogP contribution in [-0.4, -0.2) is 28.9 Å². The van der Waals surface area contributed by atoms with E-state index < -0.39 is 22.5 Å². The van der Waals surface area contributed by atoms with Crippen LogP contribution in [0.25, 0.3) is 0 Å². The Balaban J connectivity index is 2.46. The van der Waals surface area contributed by atoms with Gasteiger partial charge in [-0.3, -0.25) is 14.9 Å². The fourth-order valence-corrected chi connectivity index (χ4v) is 1.86. The molecular formula is C15H13N3O6. The minimum Gasteiger partial charge on any atom is -0.465 e. The Labute approximate surface area is 136 Å². The molecule has 1 aromatic carbocycles. The maximum atomic E-state index is 11.6. The zero-order valence-electron chi connectivity index (χ0n) is 12.8. The number of carbonyl (C=O) groups is 2. The highest BCUT2D eigenvalue weighted by Crippen LogP contribution is 2.29.